The highest BCUT2D eigenvalue weighted by atomic mass is 16.7. The Kier molecular flexibility index (Phi) is 2.82. The molecule has 2 aliphatic heterocycles. The van der Waals surface area contributed by atoms with Gasteiger partial charge < -0.3 is 14.2 Å². The van der Waals surface area contributed by atoms with Crippen molar-refractivity contribution >= 4 is 5.97 Å². The summed E-state index contributed by atoms with van der Waals surface area (Å²) in [6, 6.07) is 9.97. The van der Waals surface area contributed by atoms with Crippen LogP contribution in [0.15, 0.2) is 30.3 Å². The van der Waals surface area contributed by atoms with Crippen molar-refractivity contribution in [3.63, 3.8) is 0 Å². The predicted octanol–water partition coefficient (Wildman–Crippen LogP) is 1.49. The maximum atomic E-state index is 11.1. The van der Waals surface area contributed by atoms with Gasteiger partial charge in [0, 0.05) is 0 Å². The zero-order valence-electron chi connectivity index (χ0n) is 9.37. The van der Waals surface area contributed by atoms with Crippen LogP contribution in [0.5, 0.6) is 0 Å². The zero-order chi connectivity index (χ0) is 11.7. The molecule has 2 aliphatic rings. The Morgan fingerprint density at radius 2 is 2.12 bits per heavy atom. The average Bonchev–Trinajstić information content (AvgIpc) is 2.87. The normalized spacial score (nSPS) is 31.3. The van der Waals surface area contributed by atoms with Crippen molar-refractivity contribution in [2.75, 3.05) is 6.61 Å². The summed E-state index contributed by atoms with van der Waals surface area (Å²) in [4.78, 5) is 11.1. The lowest BCUT2D eigenvalue weighted by Gasteiger charge is -2.14. The molecule has 0 saturated carbocycles. The molecule has 17 heavy (non-hydrogen) atoms. The van der Waals surface area contributed by atoms with Gasteiger partial charge in [-0.15, -0.1) is 0 Å². The van der Waals surface area contributed by atoms with Gasteiger partial charge in [0.15, 0.2) is 0 Å². The molecule has 0 N–H and O–H groups in total. The second-order valence-electron chi connectivity index (χ2n) is 4.39. The molecule has 3 atom stereocenters. The van der Waals surface area contributed by atoms with Crippen LogP contribution in [0.1, 0.15) is 12.0 Å². The van der Waals surface area contributed by atoms with Crippen molar-refractivity contribution in [1.29, 1.82) is 0 Å². The largest absolute Gasteiger partial charge is 0.435 e. The molecule has 3 rings (SSSR count). The fourth-order valence-corrected chi connectivity index (χ4v) is 2.28. The van der Waals surface area contributed by atoms with E-state index >= 15 is 0 Å². The summed E-state index contributed by atoms with van der Waals surface area (Å²) in [5.74, 6) is -0.126. The molecule has 0 bridgehead atoms. The minimum atomic E-state index is -0.386. The molecule has 0 unspecified atom stereocenters. The number of carbonyl (C=O) groups excluding carboxylic acids is 1. The Bertz CT molecular complexity index is 403. The lowest BCUT2D eigenvalue weighted by atomic mass is 10.0. The van der Waals surface area contributed by atoms with Crippen molar-refractivity contribution < 1.29 is 19.0 Å². The number of fused-ring (bicyclic) bond motifs is 1. The summed E-state index contributed by atoms with van der Waals surface area (Å²) in [6.45, 7) is 1.06. The first-order valence-electron chi connectivity index (χ1n) is 5.79. The van der Waals surface area contributed by atoms with E-state index in [1.54, 1.807) is 0 Å². The molecule has 90 valence electrons. The molecule has 2 saturated heterocycles. The summed E-state index contributed by atoms with van der Waals surface area (Å²) in [5.41, 5.74) is 1.13. The maximum absolute atomic E-state index is 11.1. The number of hydrogen-bond donors (Lipinski definition) is 0. The number of rotatable bonds is 3. The summed E-state index contributed by atoms with van der Waals surface area (Å²) in [5, 5.41) is 0. The van der Waals surface area contributed by atoms with Crippen LogP contribution in [0.2, 0.25) is 0 Å². The molecule has 2 heterocycles. The Labute approximate surface area is 99.5 Å². The third-order valence-electron chi connectivity index (χ3n) is 3.21. The smallest absolute Gasteiger partial charge is 0.308 e. The minimum Gasteiger partial charge on any atom is -0.435 e. The summed E-state index contributed by atoms with van der Waals surface area (Å²) < 4.78 is 16.2. The van der Waals surface area contributed by atoms with Gasteiger partial charge in [-0.3, -0.25) is 4.79 Å². The van der Waals surface area contributed by atoms with Crippen molar-refractivity contribution in [3.8, 4) is 0 Å². The Morgan fingerprint density at radius 1 is 1.29 bits per heavy atom. The predicted molar refractivity (Wildman–Crippen MR) is 59.0 cm³/mol. The van der Waals surface area contributed by atoms with Gasteiger partial charge in [0.2, 0.25) is 6.29 Å². The van der Waals surface area contributed by atoms with E-state index in [1.165, 1.54) is 0 Å². The second kappa shape index (κ2) is 4.47. The van der Waals surface area contributed by atoms with Crippen LogP contribution in [-0.2, 0) is 25.6 Å². The SMILES string of the molecule is O=C1C[C@H]2[C@H](OC[C@H]2OCc2ccccc2)O1. The molecule has 0 spiro atoms. The lowest BCUT2D eigenvalue weighted by molar-refractivity contribution is -0.158. The number of benzene rings is 1. The number of carbonyl (C=O) groups is 1. The van der Waals surface area contributed by atoms with Gasteiger partial charge >= 0.3 is 5.97 Å². The monoisotopic (exact) mass is 234 g/mol. The maximum Gasteiger partial charge on any atom is 0.308 e. The van der Waals surface area contributed by atoms with Gasteiger partial charge in [-0.1, -0.05) is 30.3 Å². The van der Waals surface area contributed by atoms with Crippen molar-refractivity contribution in [2.45, 2.75) is 25.4 Å². The third-order valence-corrected chi connectivity index (χ3v) is 3.21. The molecular formula is C13H14O4. The highest BCUT2D eigenvalue weighted by Crippen LogP contribution is 2.34. The van der Waals surface area contributed by atoms with Crippen molar-refractivity contribution in [3.05, 3.63) is 35.9 Å². The van der Waals surface area contributed by atoms with Crippen LogP contribution in [0, 0.1) is 5.92 Å². The van der Waals surface area contributed by atoms with E-state index in [0.717, 1.165) is 5.56 Å². The van der Waals surface area contributed by atoms with E-state index < -0.39 is 0 Å². The standard InChI is InChI=1S/C13H14O4/c14-12-6-10-11(8-16-13(10)17-12)15-7-9-4-2-1-3-5-9/h1-5,10-11,13H,6-8H2/t10-,11-,13-/m1/s1. The topological polar surface area (TPSA) is 44.8 Å². The van der Waals surface area contributed by atoms with Crippen LogP contribution >= 0.6 is 0 Å². The van der Waals surface area contributed by atoms with E-state index in [4.69, 9.17) is 14.2 Å². The molecule has 0 amide bonds. The highest BCUT2D eigenvalue weighted by Gasteiger charge is 2.46. The average molecular weight is 234 g/mol. The second-order valence-corrected chi connectivity index (χ2v) is 4.39. The van der Waals surface area contributed by atoms with E-state index in [9.17, 15) is 4.79 Å². The van der Waals surface area contributed by atoms with Gasteiger partial charge in [0.05, 0.1) is 31.7 Å². The van der Waals surface area contributed by atoms with Gasteiger partial charge in [-0.05, 0) is 5.56 Å². The third kappa shape index (κ3) is 2.18. The fraction of sp³-hybridized carbons (Fsp3) is 0.462. The summed E-state index contributed by atoms with van der Waals surface area (Å²) in [6.07, 6.45) is -0.0145. The zero-order valence-corrected chi connectivity index (χ0v) is 9.37. The first-order valence-corrected chi connectivity index (χ1v) is 5.79. The summed E-state index contributed by atoms with van der Waals surface area (Å²) in [7, 11) is 0. The molecule has 1 aromatic rings. The Hall–Kier alpha value is -1.39. The number of hydrogen-bond acceptors (Lipinski definition) is 4. The Balaban J connectivity index is 1.58. The summed E-state index contributed by atoms with van der Waals surface area (Å²) >= 11 is 0. The van der Waals surface area contributed by atoms with Gasteiger partial charge in [0.25, 0.3) is 0 Å². The van der Waals surface area contributed by atoms with E-state index in [2.05, 4.69) is 0 Å². The minimum absolute atomic E-state index is 0.0355. The highest BCUT2D eigenvalue weighted by molar-refractivity contribution is 5.72. The number of esters is 1. The molecule has 4 nitrogen and oxygen atoms in total. The number of ether oxygens (including phenoxy) is 3. The molecule has 1 aromatic carbocycles. The van der Waals surface area contributed by atoms with Crippen molar-refractivity contribution in [2.24, 2.45) is 5.92 Å². The van der Waals surface area contributed by atoms with Gasteiger partial charge in [0.1, 0.15) is 0 Å². The molecular weight excluding hydrogens is 220 g/mol. The molecule has 0 aliphatic carbocycles. The fourth-order valence-electron chi connectivity index (χ4n) is 2.28. The lowest BCUT2D eigenvalue weighted by Crippen LogP contribution is -2.23. The van der Waals surface area contributed by atoms with Crippen LogP contribution in [-0.4, -0.2) is 25.0 Å². The van der Waals surface area contributed by atoms with Gasteiger partial charge in [-0.2, -0.15) is 0 Å². The van der Waals surface area contributed by atoms with E-state index in [-0.39, 0.29) is 24.3 Å². The van der Waals surface area contributed by atoms with E-state index in [1.807, 2.05) is 30.3 Å². The van der Waals surface area contributed by atoms with Crippen LogP contribution < -0.4 is 0 Å². The van der Waals surface area contributed by atoms with Crippen LogP contribution in [0.3, 0.4) is 0 Å². The molecule has 0 aromatic heterocycles. The van der Waals surface area contributed by atoms with Crippen molar-refractivity contribution in [1.82, 2.24) is 0 Å². The Morgan fingerprint density at radius 3 is 2.94 bits per heavy atom. The first kappa shape index (κ1) is 10.7. The van der Waals surface area contributed by atoms with Gasteiger partial charge in [-0.25, -0.2) is 0 Å². The molecule has 2 fully saturated rings. The van der Waals surface area contributed by atoms with Crippen LogP contribution in [0.25, 0.3) is 0 Å². The molecule has 4 heteroatoms. The first-order chi connectivity index (χ1) is 8.33. The van der Waals surface area contributed by atoms with E-state index in [0.29, 0.717) is 19.6 Å². The molecule has 0 radical (unpaired) electrons. The van der Waals surface area contributed by atoms with Crippen LogP contribution in [0.4, 0.5) is 0 Å². The quantitative estimate of drug-likeness (QED) is 0.743.